The third-order valence-corrected chi connectivity index (χ3v) is 5.25. The third kappa shape index (κ3) is 7.02. The summed E-state index contributed by atoms with van der Waals surface area (Å²) in [7, 11) is 0. The van der Waals surface area contributed by atoms with Crippen LogP contribution in [0, 0.1) is 0 Å². The highest BCUT2D eigenvalue weighted by atomic mass is 32.1. The summed E-state index contributed by atoms with van der Waals surface area (Å²) in [5, 5.41) is 8.56. The van der Waals surface area contributed by atoms with Crippen LogP contribution >= 0.6 is 22.7 Å². The quantitative estimate of drug-likeness (QED) is 0.320. The van der Waals surface area contributed by atoms with Crippen molar-refractivity contribution < 1.29 is 35.9 Å². The molecule has 0 saturated heterocycles. The molecule has 0 amide bonds. The van der Waals surface area contributed by atoms with Gasteiger partial charge in [-0.15, -0.1) is 22.7 Å². The van der Waals surface area contributed by atoms with Gasteiger partial charge in [-0.2, -0.15) is 26.3 Å². The lowest BCUT2D eigenvalue weighted by Gasteiger charge is -2.13. The largest absolute Gasteiger partial charge is 0.454 e. The Balaban J connectivity index is 2.08. The summed E-state index contributed by atoms with van der Waals surface area (Å²) in [6.07, 6.45) is -9.21. The molecule has 0 fully saturated rings. The minimum atomic E-state index is -5.03. The zero-order valence-corrected chi connectivity index (χ0v) is 16.6. The van der Waals surface area contributed by atoms with Gasteiger partial charge in [-0.3, -0.25) is 9.59 Å². The Morgan fingerprint density at radius 1 is 0.767 bits per heavy atom. The van der Waals surface area contributed by atoms with E-state index in [1.807, 2.05) is 0 Å². The molecule has 0 bridgehead atoms. The molecule has 2 heterocycles. The molecule has 4 nitrogen and oxygen atoms in total. The number of alkyl halides is 6. The number of halogens is 6. The van der Waals surface area contributed by atoms with Crippen LogP contribution in [0.15, 0.2) is 47.2 Å². The first-order valence-electron chi connectivity index (χ1n) is 8.19. The molecule has 0 spiro atoms. The summed E-state index contributed by atoms with van der Waals surface area (Å²) in [5.41, 5.74) is -0.135. The lowest BCUT2D eigenvalue weighted by Crippen LogP contribution is -2.28. The molecule has 162 valence electrons. The summed E-state index contributed by atoms with van der Waals surface area (Å²) in [6.45, 7) is -0.0599. The fraction of sp³-hybridized carbons (Fsp3) is 0.222. The van der Waals surface area contributed by atoms with Gasteiger partial charge in [-0.1, -0.05) is 12.1 Å². The van der Waals surface area contributed by atoms with E-state index in [0.717, 1.165) is 22.7 Å². The summed E-state index contributed by atoms with van der Waals surface area (Å²) in [4.78, 5) is 23.3. The van der Waals surface area contributed by atoms with Crippen molar-refractivity contribution in [3.8, 4) is 0 Å². The second-order valence-corrected chi connectivity index (χ2v) is 7.54. The van der Waals surface area contributed by atoms with Gasteiger partial charge in [0.25, 0.3) is 11.6 Å². The fourth-order valence-corrected chi connectivity index (χ4v) is 3.54. The molecule has 0 aliphatic heterocycles. The number of carbonyl (C=O) groups excluding carboxylic acids is 2. The minimum absolute atomic E-state index is 0.0300. The van der Waals surface area contributed by atoms with E-state index in [1.54, 1.807) is 22.9 Å². The van der Waals surface area contributed by atoms with Crippen molar-refractivity contribution in [2.24, 2.45) is 0 Å². The molecule has 0 unspecified atom stereocenters. The molecule has 0 atom stereocenters. The molecule has 2 N–H and O–H groups in total. The monoisotopic (exact) mass is 468 g/mol. The number of hydrogen-bond acceptors (Lipinski definition) is 6. The highest BCUT2D eigenvalue weighted by Gasteiger charge is 2.37. The van der Waals surface area contributed by atoms with Gasteiger partial charge >= 0.3 is 12.4 Å². The topological polar surface area (TPSA) is 58.2 Å². The number of carbonyl (C=O) groups is 2. The predicted octanol–water partition coefficient (Wildman–Crippen LogP) is 4.63. The van der Waals surface area contributed by atoms with E-state index >= 15 is 0 Å². The van der Waals surface area contributed by atoms with Crippen molar-refractivity contribution in [3.05, 3.63) is 56.9 Å². The van der Waals surface area contributed by atoms with E-state index in [2.05, 4.69) is 10.6 Å². The smallest absolute Gasteiger partial charge is 0.382 e. The fourth-order valence-electron chi connectivity index (χ4n) is 2.10. The minimum Gasteiger partial charge on any atom is -0.382 e. The molecular formula is C18H14F6N2O2S2. The van der Waals surface area contributed by atoms with Crippen molar-refractivity contribution >= 4 is 45.6 Å². The summed E-state index contributed by atoms with van der Waals surface area (Å²) < 4.78 is 75.4. The first-order chi connectivity index (χ1) is 14.0. The summed E-state index contributed by atoms with van der Waals surface area (Å²) in [6, 6.07) is 6.21. The molecule has 2 aromatic heterocycles. The van der Waals surface area contributed by atoms with Crippen molar-refractivity contribution in [1.82, 2.24) is 10.6 Å². The highest BCUT2D eigenvalue weighted by Crippen LogP contribution is 2.24. The van der Waals surface area contributed by atoms with Gasteiger partial charge in [0, 0.05) is 25.2 Å². The second kappa shape index (κ2) is 9.94. The SMILES string of the molecule is O=C(C=C(NCCNC(=CC(=O)C(F)(F)F)c1cccs1)c1cccs1)C(F)(F)F. The number of rotatable bonds is 9. The maximum Gasteiger partial charge on any atom is 0.454 e. The van der Waals surface area contributed by atoms with Gasteiger partial charge in [-0.05, 0) is 22.9 Å². The van der Waals surface area contributed by atoms with Crippen LogP contribution in [0.2, 0.25) is 0 Å². The van der Waals surface area contributed by atoms with E-state index in [4.69, 9.17) is 0 Å². The Bertz CT molecular complexity index is 837. The van der Waals surface area contributed by atoms with Crippen molar-refractivity contribution in [1.29, 1.82) is 0 Å². The van der Waals surface area contributed by atoms with Gasteiger partial charge in [0.05, 0.1) is 21.1 Å². The van der Waals surface area contributed by atoms with Gasteiger partial charge in [0.2, 0.25) is 0 Å². The predicted molar refractivity (Wildman–Crippen MR) is 103 cm³/mol. The molecule has 0 aliphatic carbocycles. The Kier molecular flexibility index (Phi) is 7.84. The van der Waals surface area contributed by atoms with Crippen LogP contribution < -0.4 is 10.6 Å². The van der Waals surface area contributed by atoms with Crippen LogP contribution in [-0.4, -0.2) is 37.0 Å². The number of ketones is 2. The Labute approximate surface area is 174 Å². The highest BCUT2D eigenvalue weighted by molar-refractivity contribution is 7.11. The van der Waals surface area contributed by atoms with E-state index in [9.17, 15) is 35.9 Å². The molecule has 12 heteroatoms. The third-order valence-electron chi connectivity index (χ3n) is 3.44. The Morgan fingerprint density at radius 3 is 1.40 bits per heavy atom. The van der Waals surface area contributed by atoms with Crippen LogP contribution in [0.25, 0.3) is 11.4 Å². The standard InChI is InChI=1S/C18H14F6N2O2S2/c19-17(20,21)15(27)9-11(13-3-1-7-29-13)25-5-6-26-12(14-4-2-8-30-14)10-16(28)18(22,23)24/h1-4,7-10,25-26H,5-6H2. The first kappa shape index (κ1) is 23.7. The first-order valence-corrected chi connectivity index (χ1v) is 9.95. The number of thiophene rings is 2. The van der Waals surface area contributed by atoms with E-state index in [0.29, 0.717) is 21.9 Å². The van der Waals surface area contributed by atoms with Crippen LogP contribution in [0.3, 0.4) is 0 Å². The van der Waals surface area contributed by atoms with Crippen molar-refractivity contribution in [2.45, 2.75) is 12.4 Å². The van der Waals surface area contributed by atoms with E-state index in [1.165, 1.54) is 12.1 Å². The average Bonchev–Trinajstić information content (AvgIpc) is 3.35. The number of nitrogens with one attached hydrogen (secondary N) is 2. The maximum absolute atomic E-state index is 12.6. The molecule has 30 heavy (non-hydrogen) atoms. The number of allylic oxidation sites excluding steroid dienone is 2. The molecular weight excluding hydrogens is 454 g/mol. The molecule has 0 radical (unpaired) electrons. The van der Waals surface area contributed by atoms with Gasteiger partial charge in [-0.25, -0.2) is 0 Å². The summed E-state index contributed by atoms with van der Waals surface area (Å²) in [5.74, 6) is -4.08. The Hall–Kier alpha value is -2.60. The van der Waals surface area contributed by atoms with Crippen LogP contribution in [0.1, 0.15) is 9.75 Å². The molecule has 2 aromatic rings. The van der Waals surface area contributed by atoms with E-state index in [-0.39, 0.29) is 24.5 Å². The van der Waals surface area contributed by atoms with Gasteiger partial charge in [0.1, 0.15) is 0 Å². The Morgan fingerprint density at radius 2 is 1.13 bits per heavy atom. The number of hydrogen-bond donors (Lipinski definition) is 2. The normalized spacial score (nSPS) is 13.3. The van der Waals surface area contributed by atoms with Crippen molar-refractivity contribution in [3.63, 3.8) is 0 Å². The lowest BCUT2D eigenvalue weighted by atomic mass is 10.2. The van der Waals surface area contributed by atoms with Crippen LogP contribution in [0.5, 0.6) is 0 Å². The van der Waals surface area contributed by atoms with Crippen molar-refractivity contribution in [2.75, 3.05) is 13.1 Å². The van der Waals surface area contributed by atoms with Gasteiger partial charge in [0.15, 0.2) is 0 Å². The van der Waals surface area contributed by atoms with Crippen LogP contribution in [-0.2, 0) is 9.59 Å². The average molecular weight is 468 g/mol. The maximum atomic E-state index is 12.6. The van der Waals surface area contributed by atoms with Gasteiger partial charge < -0.3 is 10.6 Å². The zero-order valence-electron chi connectivity index (χ0n) is 14.9. The zero-order chi connectivity index (χ0) is 22.4. The van der Waals surface area contributed by atoms with E-state index < -0.39 is 23.9 Å². The molecule has 0 aliphatic rings. The molecule has 0 aromatic carbocycles. The van der Waals surface area contributed by atoms with Crippen LogP contribution in [0.4, 0.5) is 26.3 Å². The molecule has 0 saturated carbocycles. The summed E-state index contributed by atoms with van der Waals surface area (Å²) >= 11 is 2.21. The second-order valence-electron chi connectivity index (χ2n) is 5.65. The lowest BCUT2D eigenvalue weighted by molar-refractivity contribution is -0.165. The molecule has 2 rings (SSSR count).